The largest absolute Gasteiger partial charge is 0.507 e. The molecule has 2 unspecified atom stereocenters. The van der Waals surface area contributed by atoms with Crippen LogP contribution in [0, 0.1) is 23.7 Å². The first-order chi connectivity index (χ1) is 14.0. The van der Waals surface area contributed by atoms with Crippen LogP contribution >= 0.6 is 0 Å². The molecule has 3 aliphatic rings. The van der Waals surface area contributed by atoms with Gasteiger partial charge in [0.25, 0.3) is 0 Å². The molecule has 4 rings (SSSR count). The van der Waals surface area contributed by atoms with E-state index < -0.39 is 58.3 Å². The number of phenolic OH excluding ortho intramolecular Hbond substituents is 1. The summed E-state index contributed by atoms with van der Waals surface area (Å²) >= 11 is 0. The maximum Gasteiger partial charge on any atom is 0.235 e. The van der Waals surface area contributed by atoms with Crippen LogP contribution in [0.4, 0.5) is 0 Å². The molecule has 4 N–H and O–H groups in total. The molecule has 1 aromatic carbocycles. The Kier molecular flexibility index (Phi) is 4.47. The van der Waals surface area contributed by atoms with E-state index in [1.807, 2.05) is 13.8 Å². The Morgan fingerprint density at radius 2 is 1.80 bits per heavy atom. The van der Waals surface area contributed by atoms with E-state index in [-0.39, 0.29) is 30.1 Å². The van der Waals surface area contributed by atoms with Gasteiger partial charge in [-0.25, -0.2) is 0 Å². The molecule has 30 heavy (non-hydrogen) atoms. The summed E-state index contributed by atoms with van der Waals surface area (Å²) in [7, 11) is 0. The number of primary amides is 1. The number of hydrogen-bond donors (Lipinski definition) is 3. The molecule has 0 saturated heterocycles. The van der Waals surface area contributed by atoms with Gasteiger partial charge in [-0.05, 0) is 41.9 Å². The molecular formula is C22H23NO7. The molecule has 0 heterocycles. The molecule has 0 bridgehead atoms. The number of aromatic hydroxyl groups is 1. The number of ketones is 4. The van der Waals surface area contributed by atoms with Crippen molar-refractivity contribution in [1.82, 2.24) is 0 Å². The minimum Gasteiger partial charge on any atom is -0.507 e. The molecule has 8 heteroatoms. The van der Waals surface area contributed by atoms with Crippen LogP contribution in [0.3, 0.4) is 0 Å². The van der Waals surface area contributed by atoms with Gasteiger partial charge in [-0.2, -0.15) is 0 Å². The van der Waals surface area contributed by atoms with Crippen molar-refractivity contribution in [2.45, 2.75) is 44.6 Å². The van der Waals surface area contributed by atoms with E-state index in [1.54, 1.807) is 6.07 Å². The standard InChI is InChI=1S/C22H23NO7/c1-8(2)11-3-4-13(24)16-12(11)6-9-5-10-7-14(25)17(21(23)29)20(28)22(10,30)19(27)15(9)18(16)26/h3-4,8-10,15,17,24,30H,5-7H2,1-2H3,(H2,23,29)/t9-,10+,15?,17?,22+/m1/s1. The highest BCUT2D eigenvalue weighted by molar-refractivity contribution is 6.31. The van der Waals surface area contributed by atoms with Crippen molar-refractivity contribution >= 4 is 29.0 Å². The molecule has 1 amide bonds. The molecule has 0 aromatic heterocycles. The van der Waals surface area contributed by atoms with E-state index in [1.165, 1.54) is 6.07 Å². The normalized spacial score (nSPS) is 33.2. The maximum atomic E-state index is 13.3. The van der Waals surface area contributed by atoms with Crippen molar-refractivity contribution < 1.29 is 34.2 Å². The topological polar surface area (TPSA) is 152 Å². The molecule has 8 nitrogen and oxygen atoms in total. The van der Waals surface area contributed by atoms with Crippen molar-refractivity contribution in [3.8, 4) is 5.75 Å². The van der Waals surface area contributed by atoms with Crippen LogP contribution in [-0.4, -0.2) is 44.9 Å². The molecule has 0 spiro atoms. The SMILES string of the molecule is CC(C)c1ccc(O)c2c1C[C@H]1C[C@H]3CC(=O)C(C(N)=O)C(=O)[C@@]3(O)C(=O)C1C2=O. The van der Waals surface area contributed by atoms with Crippen LogP contribution < -0.4 is 5.73 Å². The lowest BCUT2D eigenvalue weighted by atomic mass is 9.53. The highest BCUT2D eigenvalue weighted by Crippen LogP contribution is 2.50. The van der Waals surface area contributed by atoms with Gasteiger partial charge in [0.15, 0.2) is 34.7 Å². The number of benzene rings is 1. The summed E-state index contributed by atoms with van der Waals surface area (Å²) in [5, 5.41) is 21.4. The number of rotatable bonds is 2. The molecule has 158 valence electrons. The molecule has 2 saturated carbocycles. The summed E-state index contributed by atoms with van der Waals surface area (Å²) in [5.74, 6) is -9.70. The fraction of sp³-hybridized carbons (Fsp3) is 0.500. The van der Waals surface area contributed by atoms with Gasteiger partial charge in [0.05, 0.1) is 11.5 Å². The van der Waals surface area contributed by atoms with Crippen molar-refractivity contribution in [3.63, 3.8) is 0 Å². The fourth-order valence-corrected chi connectivity index (χ4v) is 5.53. The summed E-state index contributed by atoms with van der Waals surface area (Å²) < 4.78 is 0. The second-order valence-electron chi connectivity index (χ2n) is 8.92. The van der Waals surface area contributed by atoms with Crippen molar-refractivity contribution in [1.29, 1.82) is 0 Å². The van der Waals surface area contributed by atoms with Crippen molar-refractivity contribution in [2.75, 3.05) is 0 Å². The van der Waals surface area contributed by atoms with Gasteiger partial charge in [-0.15, -0.1) is 0 Å². The maximum absolute atomic E-state index is 13.3. The zero-order valence-electron chi connectivity index (χ0n) is 16.7. The van der Waals surface area contributed by atoms with Crippen LogP contribution in [0.25, 0.3) is 0 Å². The van der Waals surface area contributed by atoms with Crippen LogP contribution in [0.5, 0.6) is 5.75 Å². The lowest BCUT2D eigenvalue weighted by molar-refractivity contribution is -0.175. The van der Waals surface area contributed by atoms with E-state index >= 15 is 0 Å². The van der Waals surface area contributed by atoms with Crippen LogP contribution in [0.15, 0.2) is 12.1 Å². The Labute approximate surface area is 172 Å². The van der Waals surface area contributed by atoms with Crippen molar-refractivity contribution in [3.05, 3.63) is 28.8 Å². The van der Waals surface area contributed by atoms with Gasteiger partial charge in [0.2, 0.25) is 5.91 Å². The smallest absolute Gasteiger partial charge is 0.235 e. The number of phenols is 1. The van der Waals surface area contributed by atoms with Gasteiger partial charge in [-0.1, -0.05) is 19.9 Å². The number of hydrogen-bond acceptors (Lipinski definition) is 7. The minimum atomic E-state index is -2.60. The highest BCUT2D eigenvalue weighted by atomic mass is 16.3. The van der Waals surface area contributed by atoms with E-state index in [0.717, 1.165) is 5.56 Å². The molecule has 3 aliphatic carbocycles. The first kappa shape index (κ1) is 20.4. The third kappa shape index (κ3) is 2.52. The number of carbonyl (C=O) groups excluding carboxylic acids is 5. The first-order valence-corrected chi connectivity index (χ1v) is 10.0. The summed E-state index contributed by atoms with van der Waals surface area (Å²) in [6.45, 7) is 3.91. The molecule has 2 fully saturated rings. The van der Waals surface area contributed by atoms with E-state index in [9.17, 15) is 34.2 Å². The number of amides is 1. The van der Waals surface area contributed by atoms with E-state index in [0.29, 0.717) is 12.0 Å². The zero-order chi connectivity index (χ0) is 22.1. The van der Waals surface area contributed by atoms with Crippen LogP contribution in [0.1, 0.15) is 54.1 Å². The Hall–Kier alpha value is -2.87. The minimum absolute atomic E-state index is 0.0450. The van der Waals surface area contributed by atoms with Gasteiger partial charge >= 0.3 is 0 Å². The van der Waals surface area contributed by atoms with Gasteiger partial charge < -0.3 is 15.9 Å². The second-order valence-corrected chi connectivity index (χ2v) is 8.92. The van der Waals surface area contributed by atoms with Crippen LogP contribution in [0.2, 0.25) is 0 Å². The third-order valence-electron chi connectivity index (χ3n) is 6.94. The van der Waals surface area contributed by atoms with Gasteiger partial charge in [0, 0.05) is 12.3 Å². The highest BCUT2D eigenvalue weighted by Gasteiger charge is 2.66. The van der Waals surface area contributed by atoms with Gasteiger partial charge in [-0.3, -0.25) is 24.0 Å². The molecule has 5 atom stereocenters. The predicted octanol–water partition coefficient (Wildman–Crippen LogP) is 0.450. The fourth-order valence-electron chi connectivity index (χ4n) is 5.53. The number of Topliss-reactive ketones (excluding diaryl/α,β-unsaturated/α-hetero) is 4. The van der Waals surface area contributed by atoms with Crippen molar-refractivity contribution in [2.24, 2.45) is 29.4 Å². The number of fused-ring (bicyclic) bond motifs is 3. The number of carbonyl (C=O) groups is 5. The van der Waals surface area contributed by atoms with Crippen LogP contribution in [-0.2, 0) is 25.6 Å². The Bertz CT molecular complexity index is 1030. The molecule has 0 radical (unpaired) electrons. The Morgan fingerprint density at radius 1 is 1.13 bits per heavy atom. The zero-order valence-corrected chi connectivity index (χ0v) is 16.7. The molecule has 0 aliphatic heterocycles. The first-order valence-electron chi connectivity index (χ1n) is 10.0. The lowest BCUT2D eigenvalue weighted by Gasteiger charge is -2.48. The summed E-state index contributed by atoms with van der Waals surface area (Å²) in [5.41, 5.74) is 4.15. The summed E-state index contributed by atoms with van der Waals surface area (Å²) in [6.07, 6.45) is 0.0881. The second kappa shape index (κ2) is 6.57. The quantitative estimate of drug-likeness (QED) is 0.595. The molecule has 1 aromatic rings. The molecular weight excluding hydrogens is 390 g/mol. The lowest BCUT2D eigenvalue weighted by Crippen LogP contribution is -2.68. The summed E-state index contributed by atoms with van der Waals surface area (Å²) in [4.78, 5) is 63.4. The predicted molar refractivity (Wildman–Crippen MR) is 103 cm³/mol. The van der Waals surface area contributed by atoms with E-state index in [2.05, 4.69) is 0 Å². The van der Waals surface area contributed by atoms with Gasteiger partial charge in [0.1, 0.15) is 5.75 Å². The Morgan fingerprint density at radius 3 is 2.40 bits per heavy atom. The third-order valence-corrected chi connectivity index (χ3v) is 6.94. The average molecular weight is 413 g/mol. The average Bonchev–Trinajstić information content (AvgIpc) is 2.64. The number of aliphatic hydroxyl groups is 1. The number of nitrogens with two attached hydrogens (primary N) is 1. The summed E-state index contributed by atoms with van der Waals surface area (Å²) in [6, 6.07) is 3.16. The van der Waals surface area contributed by atoms with E-state index in [4.69, 9.17) is 5.73 Å². The monoisotopic (exact) mass is 413 g/mol. The Balaban J connectivity index is 1.83.